The van der Waals surface area contributed by atoms with Crippen molar-refractivity contribution in [3.8, 4) is 6.07 Å². The minimum absolute atomic E-state index is 0.0101. The van der Waals surface area contributed by atoms with Gasteiger partial charge in [-0.05, 0) is 36.5 Å². The summed E-state index contributed by atoms with van der Waals surface area (Å²) in [6.07, 6.45) is 4.74. The predicted octanol–water partition coefficient (Wildman–Crippen LogP) is 1.52. The Hall–Kier alpha value is -2.48. The summed E-state index contributed by atoms with van der Waals surface area (Å²) in [5.41, 5.74) is 3.33. The second-order valence-corrected chi connectivity index (χ2v) is 4.64. The first-order valence-corrected chi connectivity index (χ1v) is 6.21. The molecule has 0 N–H and O–H groups in total. The number of aryl methyl sites for hydroxylation is 2. The van der Waals surface area contributed by atoms with E-state index in [1.54, 1.807) is 0 Å². The normalized spacial score (nSPS) is 13.0. The number of nitrogens with zero attached hydrogens (tertiary/aromatic N) is 4. The monoisotopic (exact) mass is 252 g/mol. The number of Topliss-reactive ketones (excluding diaryl/α,β-unsaturated/α-hetero) is 1. The zero-order chi connectivity index (χ0) is 13.2. The minimum Gasteiger partial charge on any atom is -0.292 e. The highest BCUT2D eigenvalue weighted by molar-refractivity contribution is 5.96. The molecule has 0 radical (unpaired) electrons. The highest BCUT2D eigenvalue weighted by Crippen LogP contribution is 2.23. The van der Waals surface area contributed by atoms with E-state index in [1.165, 1.54) is 28.6 Å². The van der Waals surface area contributed by atoms with Crippen LogP contribution in [0.2, 0.25) is 0 Å². The van der Waals surface area contributed by atoms with Gasteiger partial charge >= 0.3 is 0 Å². The Labute approximate surface area is 110 Å². The van der Waals surface area contributed by atoms with Crippen molar-refractivity contribution in [2.75, 3.05) is 0 Å². The molecular weight excluding hydrogens is 240 g/mol. The largest absolute Gasteiger partial charge is 0.292 e. The van der Waals surface area contributed by atoms with Crippen LogP contribution in [0, 0.1) is 11.3 Å². The lowest BCUT2D eigenvalue weighted by Gasteiger charge is -2.04. The van der Waals surface area contributed by atoms with Gasteiger partial charge in [0.15, 0.2) is 5.78 Å². The Morgan fingerprint density at radius 2 is 2.21 bits per heavy atom. The maximum atomic E-state index is 12.1. The smallest absolute Gasteiger partial charge is 0.252 e. The number of nitriles is 1. The third-order valence-electron chi connectivity index (χ3n) is 3.36. The third kappa shape index (κ3) is 2.25. The van der Waals surface area contributed by atoms with Crippen LogP contribution in [-0.2, 0) is 19.4 Å². The molecule has 1 heterocycles. The molecule has 0 unspecified atom stereocenters. The highest BCUT2D eigenvalue weighted by atomic mass is 16.1. The van der Waals surface area contributed by atoms with Gasteiger partial charge in [0.25, 0.3) is 5.82 Å². The Morgan fingerprint density at radius 1 is 1.37 bits per heavy atom. The zero-order valence-electron chi connectivity index (χ0n) is 10.3. The SMILES string of the molecule is N#Cc1ncn(CC(=O)c2ccc3c(c2)CCC3)n1. The highest BCUT2D eigenvalue weighted by Gasteiger charge is 2.14. The van der Waals surface area contributed by atoms with Gasteiger partial charge in [-0.25, -0.2) is 9.67 Å². The standard InChI is InChI=1S/C14H12N4O/c15-7-14-16-9-18(17-14)8-13(19)12-5-4-10-2-1-3-11(10)6-12/h4-6,9H,1-3,8H2. The summed E-state index contributed by atoms with van der Waals surface area (Å²) in [4.78, 5) is 15.9. The van der Waals surface area contributed by atoms with Crippen molar-refractivity contribution in [2.24, 2.45) is 0 Å². The van der Waals surface area contributed by atoms with Crippen LogP contribution in [0.25, 0.3) is 0 Å². The van der Waals surface area contributed by atoms with E-state index >= 15 is 0 Å². The molecule has 0 spiro atoms. The van der Waals surface area contributed by atoms with Crippen molar-refractivity contribution in [3.05, 3.63) is 47.0 Å². The summed E-state index contributed by atoms with van der Waals surface area (Å²) in [6, 6.07) is 7.73. The van der Waals surface area contributed by atoms with E-state index in [0.29, 0.717) is 5.56 Å². The quantitative estimate of drug-likeness (QED) is 0.776. The van der Waals surface area contributed by atoms with E-state index in [4.69, 9.17) is 5.26 Å². The van der Waals surface area contributed by atoms with Crippen molar-refractivity contribution >= 4 is 5.78 Å². The van der Waals surface area contributed by atoms with Crippen LogP contribution in [0.4, 0.5) is 0 Å². The molecule has 0 saturated heterocycles. The number of carbonyl (C=O) groups excluding carboxylic acids is 1. The average Bonchev–Trinajstić information content (AvgIpc) is 3.05. The molecular formula is C14H12N4O. The van der Waals surface area contributed by atoms with Crippen LogP contribution in [0.3, 0.4) is 0 Å². The van der Waals surface area contributed by atoms with Crippen LogP contribution in [0.5, 0.6) is 0 Å². The molecule has 2 aromatic rings. The number of ketones is 1. The number of rotatable bonds is 3. The summed E-state index contributed by atoms with van der Waals surface area (Å²) in [6.45, 7) is 0.119. The van der Waals surface area contributed by atoms with Crippen molar-refractivity contribution in [3.63, 3.8) is 0 Å². The van der Waals surface area contributed by atoms with Gasteiger partial charge in [0.2, 0.25) is 0 Å². The molecule has 94 valence electrons. The number of aromatic nitrogens is 3. The van der Waals surface area contributed by atoms with Gasteiger partial charge in [-0.15, -0.1) is 5.10 Å². The van der Waals surface area contributed by atoms with Crippen molar-refractivity contribution in [1.29, 1.82) is 5.26 Å². The molecule has 19 heavy (non-hydrogen) atoms. The molecule has 3 rings (SSSR count). The zero-order valence-corrected chi connectivity index (χ0v) is 10.3. The van der Waals surface area contributed by atoms with Crippen LogP contribution < -0.4 is 0 Å². The number of carbonyl (C=O) groups is 1. The van der Waals surface area contributed by atoms with Crippen LogP contribution >= 0.6 is 0 Å². The van der Waals surface area contributed by atoms with E-state index in [-0.39, 0.29) is 18.2 Å². The minimum atomic E-state index is -0.0101. The first-order chi connectivity index (χ1) is 9.26. The first kappa shape index (κ1) is 11.6. The Balaban J connectivity index is 1.79. The van der Waals surface area contributed by atoms with Crippen molar-refractivity contribution in [2.45, 2.75) is 25.8 Å². The molecule has 0 saturated carbocycles. The summed E-state index contributed by atoms with van der Waals surface area (Å²) < 4.78 is 1.40. The molecule has 0 fully saturated rings. The number of hydrogen-bond donors (Lipinski definition) is 0. The van der Waals surface area contributed by atoms with Gasteiger partial charge in [-0.2, -0.15) is 5.26 Å². The summed E-state index contributed by atoms with van der Waals surface area (Å²) in [5.74, 6) is 0.0749. The fourth-order valence-corrected chi connectivity index (χ4v) is 2.41. The van der Waals surface area contributed by atoms with E-state index in [0.717, 1.165) is 12.8 Å². The third-order valence-corrected chi connectivity index (χ3v) is 3.36. The van der Waals surface area contributed by atoms with Crippen molar-refractivity contribution < 1.29 is 4.79 Å². The lowest BCUT2D eigenvalue weighted by molar-refractivity contribution is 0.0967. The van der Waals surface area contributed by atoms with Gasteiger partial charge in [-0.1, -0.05) is 12.1 Å². The molecule has 1 aromatic heterocycles. The summed E-state index contributed by atoms with van der Waals surface area (Å²) in [7, 11) is 0. The lowest BCUT2D eigenvalue weighted by Crippen LogP contribution is -2.11. The summed E-state index contributed by atoms with van der Waals surface area (Å²) >= 11 is 0. The Kier molecular flexibility index (Phi) is 2.84. The van der Waals surface area contributed by atoms with Crippen LogP contribution in [0.1, 0.15) is 33.7 Å². The Bertz CT molecular complexity index is 681. The second-order valence-electron chi connectivity index (χ2n) is 4.64. The number of hydrogen-bond acceptors (Lipinski definition) is 4. The Morgan fingerprint density at radius 3 is 3.00 bits per heavy atom. The van der Waals surface area contributed by atoms with Crippen LogP contribution in [0.15, 0.2) is 24.5 Å². The molecule has 1 aliphatic carbocycles. The molecule has 0 bridgehead atoms. The maximum Gasteiger partial charge on any atom is 0.252 e. The molecule has 1 aromatic carbocycles. The van der Waals surface area contributed by atoms with E-state index in [1.807, 2.05) is 24.3 Å². The van der Waals surface area contributed by atoms with Gasteiger partial charge in [0.1, 0.15) is 18.9 Å². The average molecular weight is 252 g/mol. The van der Waals surface area contributed by atoms with Crippen LogP contribution in [-0.4, -0.2) is 20.5 Å². The van der Waals surface area contributed by atoms with E-state index in [9.17, 15) is 4.79 Å². The first-order valence-electron chi connectivity index (χ1n) is 6.21. The molecule has 0 atom stereocenters. The molecule has 5 heteroatoms. The summed E-state index contributed by atoms with van der Waals surface area (Å²) in [5, 5.41) is 12.5. The maximum absolute atomic E-state index is 12.1. The van der Waals surface area contributed by atoms with Gasteiger partial charge in [0, 0.05) is 5.56 Å². The number of benzene rings is 1. The fraction of sp³-hybridized carbons (Fsp3) is 0.286. The molecule has 5 nitrogen and oxygen atoms in total. The van der Waals surface area contributed by atoms with E-state index < -0.39 is 0 Å². The molecule has 1 aliphatic rings. The lowest BCUT2D eigenvalue weighted by atomic mass is 10.0. The molecule has 0 amide bonds. The van der Waals surface area contributed by atoms with E-state index in [2.05, 4.69) is 10.1 Å². The molecule has 0 aliphatic heterocycles. The second kappa shape index (κ2) is 4.65. The van der Waals surface area contributed by atoms with Crippen molar-refractivity contribution in [1.82, 2.24) is 14.8 Å². The number of fused-ring (bicyclic) bond motifs is 1. The predicted molar refractivity (Wildman–Crippen MR) is 67.5 cm³/mol. The topological polar surface area (TPSA) is 71.6 Å². The van der Waals surface area contributed by atoms with Gasteiger partial charge < -0.3 is 0 Å². The van der Waals surface area contributed by atoms with Gasteiger partial charge in [0.05, 0.1) is 0 Å². The van der Waals surface area contributed by atoms with Gasteiger partial charge in [-0.3, -0.25) is 4.79 Å². The fourth-order valence-electron chi connectivity index (χ4n) is 2.41.